The Bertz CT molecular complexity index is 257. The number of halogens is 3. The van der Waals surface area contributed by atoms with Crippen LogP contribution in [0.3, 0.4) is 0 Å². The number of ether oxygens (including phenoxy) is 1. The van der Waals surface area contributed by atoms with E-state index in [1.54, 1.807) is 11.8 Å². The molecule has 1 atom stereocenters. The number of methoxy groups -OCH3 is 1. The molecule has 20 heavy (non-hydrogen) atoms. The molecule has 6 heteroatoms. The SMILES string of the molecule is CCCCC(SCCCCCCC(F)(F)F)C(=O)OC. The van der Waals surface area contributed by atoms with Gasteiger partial charge in [-0.2, -0.15) is 13.2 Å². The van der Waals surface area contributed by atoms with Gasteiger partial charge in [-0.3, -0.25) is 4.79 Å². The molecule has 0 saturated carbocycles. The lowest BCUT2D eigenvalue weighted by Crippen LogP contribution is -2.19. The lowest BCUT2D eigenvalue weighted by molar-refractivity contribution is -0.140. The van der Waals surface area contributed by atoms with Gasteiger partial charge < -0.3 is 4.74 Å². The fourth-order valence-electron chi connectivity index (χ4n) is 1.80. The number of thioether (sulfide) groups is 1. The van der Waals surface area contributed by atoms with Gasteiger partial charge in [-0.1, -0.05) is 32.6 Å². The van der Waals surface area contributed by atoms with Crippen molar-refractivity contribution in [2.45, 2.75) is 69.7 Å². The second kappa shape index (κ2) is 11.3. The van der Waals surface area contributed by atoms with E-state index in [0.717, 1.165) is 37.9 Å². The minimum atomic E-state index is -4.04. The topological polar surface area (TPSA) is 26.3 Å². The van der Waals surface area contributed by atoms with Crippen LogP contribution in [0.15, 0.2) is 0 Å². The van der Waals surface area contributed by atoms with Gasteiger partial charge in [0.1, 0.15) is 5.25 Å². The molecule has 0 aromatic heterocycles. The predicted molar refractivity (Wildman–Crippen MR) is 76.9 cm³/mol. The van der Waals surface area contributed by atoms with E-state index in [1.165, 1.54) is 7.11 Å². The third-order valence-corrected chi connectivity index (χ3v) is 4.31. The highest BCUT2D eigenvalue weighted by Crippen LogP contribution is 2.24. The van der Waals surface area contributed by atoms with Gasteiger partial charge in [-0.05, 0) is 25.0 Å². The van der Waals surface area contributed by atoms with Crippen molar-refractivity contribution < 1.29 is 22.7 Å². The third-order valence-electron chi connectivity index (χ3n) is 2.96. The molecule has 0 N–H and O–H groups in total. The van der Waals surface area contributed by atoms with Crippen molar-refractivity contribution in [3.05, 3.63) is 0 Å². The Morgan fingerprint density at radius 2 is 1.80 bits per heavy atom. The van der Waals surface area contributed by atoms with Crippen LogP contribution in [0.2, 0.25) is 0 Å². The first kappa shape index (κ1) is 19.6. The minimum absolute atomic E-state index is 0.130. The first-order valence-corrected chi connectivity index (χ1v) is 8.21. The summed E-state index contributed by atoms with van der Waals surface area (Å²) >= 11 is 1.56. The molecule has 0 aliphatic rings. The summed E-state index contributed by atoms with van der Waals surface area (Å²) in [6.45, 7) is 2.07. The maximum absolute atomic E-state index is 11.9. The Morgan fingerprint density at radius 1 is 1.15 bits per heavy atom. The fourth-order valence-corrected chi connectivity index (χ4v) is 3.02. The summed E-state index contributed by atoms with van der Waals surface area (Å²) in [7, 11) is 1.39. The summed E-state index contributed by atoms with van der Waals surface area (Å²) in [5, 5.41) is -0.130. The zero-order valence-electron chi connectivity index (χ0n) is 12.3. The number of hydrogen-bond acceptors (Lipinski definition) is 3. The first-order valence-electron chi connectivity index (χ1n) is 7.17. The van der Waals surface area contributed by atoms with E-state index in [-0.39, 0.29) is 17.6 Å². The molecule has 2 nitrogen and oxygen atoms in total. The molecular formula is C14H25F3O2S. The van der Waals surface area contributed by atoms with Crippen LogP contribution < -0.4 is 0 Å². The van der Waals surface area contributed by atoms with Gasteiger partial charge in [0.25, 0.3) is 0 Å². The Labute approximate surface area is 123 Å². The maximum atomic E-state index is 11.9. The van der Waals surface area contributed by atoms with Crippen molar-refractivity contribution in [1.82, 2.24) is 0 Å². The molecule has 0 aliphatic heterocycles. The van der Waals surface area contributed by atoms with Gasteiger partial charge in [-0.15, -0.1) is 11.8 Å². The molecule has 0 aromatic carbocycles. The van der Waals surface area contributed by atoms with Gasteiger partial charge >= 0.3 is 12.1 Å². The third kappa shape index (κ3) is 11.4. The summed E-state index contributed by atoms with van der Waals surface area (Å²) in [6.07, 6.45) is 0.521. The quantitative estimate of drug-likeness (QED) is 0.398. The predicted octanol–water partition coefficient (Wildman–Crippen LogP) is 4.96. The molecule has 0 radical (unpaired) electrons. The number of carbonyl (C=O) groups is 1. The zero-order chi connectivity index (χ0) is 15.4. The summed E-state index contributed by atoms with van der Waals surface area (Å²) in [4.78, 5) is 11.5. The first-order chi connectivity index (χ1) is 9.40. The lowest BCUT2D eigenvalue weighted by Gasteiger charge is -2.13. The normalized spacial score (nSPS) is 13.2. The molecule has 0 fully saturated rings. The molecule has 0 heterocycles. The van der Waals surface area contributed by atoms with Gasteiger partial charge in [0, 0.05) is 6.42 Å². The summed E-state index contributed by atoms with van der Waals surface area (Å²) in [5.74, 6) is 0.607. The van der Waals surface area contributed by atoms with E-state index in [0.29, 0.717) is 6.42 Å². The smallest absolute Gasteiger partial charge is 0.389 e. The van der Waals surface area contributed by atoms with Crippen molar-refractivity contribution in [3.63, 3.8) is 0 Å². The fraction of sp³-hybridized carbons (Fsp3) is 0.929. The standard InChI is InChI=1S/C14H25F3O2S/c1-3-4-9-12(13(18)19-2)20-11-8-6-5-7-10-14(15,16)17/h12H,3-11H2,1-2H3. The number of unbranched alkanes of at least 4 members (excludes halogenated alkanes) is 4. The van der Waals surface area contributed by atoms with Crippen molar-refractivity contribution in [2.75, 3.05) is 12.9 Å². The Kier molecular flexibility index (Phi) is 11.1. The van der Waals surface area contributed by atoms with Gasteiger partial charge in [0.05, 0.1) is 7.11 Å². The highest BCUT2D eigenvalue weighted by Gasteiger charge is 2.25. The molecule has 120 valence electrons. The van der Waals surface area contributed by atoms with E-state index >= 15 is 0 Å². The zero-order valence-corrected chi connectivity index (χ0v) is 13.1. The van der Waals surface area contributed by atoms with Crippen LogP contribution in [0, 0.1) is 0 Å². The van der Waals surface area contributed by atoms with Gasteiger partial charge in [-0.25, -0.2) is 0 Å². The number of carbonyl (C=O) groups excluding carboxylic acids is 1. The number of esters is 1. The monoisotopic (exact) mass is 314 g/mol. The summed E-state index contributed by atoms with van der Waals surface area (Å²) < 4.78 is 40.5. The van der Waals surface area contributed by atoms with E-state index in [2.05, 4.69) is 6.92 Å². The van der Waals surface area contributed by atoms with Gasteiger partial charge in [0.2, 0.25) is 0 Å². The molecule has 0 aliphatic carbocycles. The molecule has 0 saturated heterocycles. The van der Waals surface area contributed by atoms with Crippen molar-refractivity contribution >= 4 is 17.7 Å². The molecule has 0 spiro atoms. The van der Waals surface area contributed by atoms with Crippen molar-refractivity contribution in [1.29, 1.82) is 0 Å². The van der Waals surface area contributed by atoms with Crippen LogP contribution in [0.4, 0.5) is 13.2 Å². The van der Waals surface area contributed by atoms with E-state index in [4.69, 9.17) is 4.74 Å². The maximum Gasteiger partial charge on any atom is 0.389 e. The van der Waals surface area contributed by atoms with Crippen molar-refractivity contribution in [3.8, 4) is 0 Å². The van der Waals surface area contributed by atoms with Crippen molar-refractivity contribution in [2.24, 2.45) is 0 Å². The average molecular weight is 314 g/mol. The highest BCUT2D eigenvalue weighted by atomic mass is 32.2. The van der Waals surface area contributed by atoms with Crippen LogP contribution in [0.5, 0.6) is 0 Å². The Balaban J connectivity index is 3.65. The Morgan fingerprint density at radius 3 is 2.35 bits per heavy atom. The van der Waals surface area contributed by atoms with Gasteiger partial charge in [0.15, 0.2) is 0 Å². The Hall–Kier alpha value is -0.390. The number of rotatable bonds is 11. The number of hydrogen-bond donors (Lipinski definition) is 0. The van der Waals surface area contributed by atoms with Crippen LogP contribution in [0.1, 0.15) is 58.3 Å². The average Bonchev–Trinajstić information content (AvgIpc) is 2.39. The number of alkyl halides is 3. The molecular weight excluding hydrogens is 289 g/mol. The minimum Gasteiger partial charge on any atom is -0.468 e. The van der Waals surface area contributed by atoms with Crippen LogP contribution >= 0.6 is 11.8 Å². The molecule has 0 rings (SSSR count). The van der Waals surface area contributed by atoms with E-state index < -0.39 is 12.6 Å². The summed E-state index contributed by atoms with van der Waals surface area (Å²) in [6, 6.07) is 0. The molecule has 0 bridgehead atoms. The van der Waals surface area contributed by atoms with E-state index in [1.807, 2.05) is 0 Å². The second-order valence-electron chi connectivity index (χ2n) is 4.80. The summed E-state index contributed by atoms with van der Waals surface area (Å²) in [5.41, 5.74) is 0. The van der Waals surface area contributed by atoms with Crippen LogP contribution in [-0.2, 0) is 9.53 Å². The van der Waals surface area contributed by atoms with E-state index in [9.17, 15) is 18.0 Å². The molecule has 0 aromatic rings. The van der Waals surface area contributed by atoms with Crippen LogP contribution in [-0.4, -0.2) is 30.3 Å². The highest BCUT2D eigenvalue weighted by molar-refractivity contribution is 8.00. The second-order valence-corrected chi connectivity index (χ2v) is 6.11. The largest absolute Gasteiger partial charge is 0.468 e. The van der Waals surface area contributed by atoms with Crippen LogP contribution in [0.25, 0.3) is 0 Å². The molecule has 1 unspecified atom stereocenters. The molecule has 0 amide bonds. The lowest BCUT2D eigenvalue weighted by atomic mass is 10.1.